The SMILES string of the molecule is CCOC(=O)c1cc2c(-c3ccc(OC(C)C)cc3)nc(N)nc2s1. The third kappa shape index (κ3) is 3.71. The van der Waals surface area contributed by atoms with Crippen molar-refractivity contribution in [1.29, 1.82) is 0 Å². The first-order chi connectivity index (χ1) is 12.0. The average molecular weight is 357 g/mol. The number of nitrogens with two attached hydrogens (primary N) is 1. The lowest BCUT2D eigenvalue weighted by atomic mass is 10.1. The van der Waals surface area contributed by atoms with Crippen LogP contribution in [-0.4, -0.2) is 28.6 Å². The van der Waals surface area contributed by atoms with Crippen LogP contribution in [0.3, 0.4) is 0 Å². The van der Waals surface area contributed by atoms with E-state index in [1.165, 1.54) is 11.3 Å². The monoisotopic (exact) mass is 357 g/mol. The lowest BCUT2D eigenvalue weighted by Crippen LogP contribution is -2.05. The number of esters is 1. The number of thiophene rings is 1. The zero-order chi connectivity index (χ0) is 18.0. The summed E-state index contributed by atoms with van der Waals surface area (Å²) in [5, 5.41) is 0.778. The molecule has 0 aliphatic heterocycles. The van der Waals surface area contributed by atoms with Gasteiger partial charge in [0, 0.05) is 10.9 Å². The number of nitrogens with zero attached hydrogens (tertiary/aromatic N) is 2. The fourth-order valence-electron chi connectivity index (χ4n) is 2.42. The van der Waals surface area contributed by atoms with Crippen molar-refractivity contribution in [1.82, 2.24) is 9.97 Å². The molecular weight excluding hydrogens is 338 g/mol. The molecule has 3 rings (SSSR count). The Bertz CT molecular complexity index is 904. The molecule has 0 bridgehead atoms. The lowest BCUT2D eigenvalue weighted by molar-refractivity contribution is 0.0532. The summed E-state index contributed by atoms with van der Waals surface area (Å²) in [6, 6.07) is 9.36. The highest BCUT2D eigenvalue weighted by Crippen LogP contribution is 2.33. The molecule has 0 radical (unpaired) electrons. The summed E-state index contributed by atoms with van der Waals surface area (Å²) in [6.07, 6.45) is 0.108. The van der Waals surface area contributed by atoms with Crippen molar-refractivity contribution in [3.63, 3.8) is 0 Å². The number of hydrogen-bond acceptors (Lipinski definition) is 7. The molecule has 2 aromatic heterocycles. The molecule has 0 aliphatic rings. The zero-order valence-electron chi connectivity index (χ0n) is 14.3. The second kappa shape index (κ2) is 7.06. The van der Waals surface area contributed by atoms with E-state index in [9.17, 15) is 4.79 Å². The van der Waals surface area contributed by atoms with Crippen molar-refractivity contribution in [2.24, 2.45) is 0 Å². The van der Waals surface area contributed by atoms with Crippen LogP contribution in [0.4, 0.5) is 5.95 Å². The largest absolute Gasteiger partial charge is 0.491 e. The van der Waals surface area contributed by atoms with Crippen molar-refractivity contribution in [2.45, 2.75) is 26.9 Å². The van der Waals surface area contributed by atoms with Gasteiger partial charge in [-0.05, 0) is 51.1 Å². The van der Waals surface area contributed by atoms with Gasteiger partial charge < -0.3 is 15.2 Å². The minimum Gasteiger partial charge on any atom is -0.491 e. The molecule has 0 saturated carbocycles. The number of aromatic nitrogens is 2. The van der Waals surface area contributed by atoms with E-state index in [1.807, 2.05) is 38.1 Å². The van der Waals surface area contributed by atoms with Crippen LogP contribution in [0.5, 0.6) is 5.75 Å². The average Bonchev–Trinajstić information content (AvgIpc) is 2.98. The van der Waals surface area contributed by atoms with Crippen LogP contribution in [0.2, 0.25) is 0 Å². The maximum atomic E-state index is 12.0. The standard InChI is InChI=1S/C18H19N3O3S/c1-4-23-17(22)14-9-13-15(20-18(19)21-16(13)25-14)11-5-7-12(8-6-11)24-10(2)3/h5-10H,4H2,1-3H3,(H2,19,20,21). The van der Waals surface area contributed by atoms with E-state index in [0.29, 0.717) is 22.0 Å². The third-order valence-corrected chi connectivity index (χ3v) is 4.40. The summed E-state index contributed by atoms with van der Waals surface area (Å²) >= 11 is 1.25. The van der Waals surface area contributed by atoms with Crippen molar-refractivity contribution >= 4 is 33.5 Å². The molecule has 25 heavy (non-hydrogen) atoms. The quantitative estimate of drug-likeness (QED) is 0.697. The summed E-state index contributed by atoms with van der Waals surface area (Å²) in [4.78, 5) is 21.7. The maximum absolute atomic E-state index is 12.0. The van der Waals surface area contributed by atoms with Gasteiger partial charge in [0.1, 0.15) is 15.5 Å². The van der Waals surface area contributed by atoms with Gasteiger partial charge >= 0.3 is 5.97 Å². The Balaban J connectivity index is 2.04. The molecule has 0 saturated heterocycles. The number of fused-ring (bicyclic) bond motifs is 1. The highest BCUT2D eigenvalue weighted by Gasteiger charge is 2.17. The Labute approximate surface area is 149 Å². The third-order valence-electron chi connectivity index (χ3n) is 3.39. The molecule has 3 aromatic rings. The molecule has 0 amide bonds. The van der Waals surface area contributed by atoms with Gasteiger partial charge in [0.25, 0.3) is 0 Å². The van der Waals surface area contributed by atoms with Crippen LogP contribution in [0.15, 0.2) is 30.3 Å². The topological polar surface area (TPSA) is 87.3 Å². The minimum absolute atomic E-state index is 0.108. The van der Waals surface area contributed by atoms with E-state index in [4.69, 9.17) is 15.2 Å². The van der Waals surface area contributed by atoms with Crippen LogP contribution in [-0.2, 0) is 4.74 Å². The summed E-state index contributed by atoms with van der Waals surface area (Å²) in [5.41, 5.74) is 7.41. The van der Waals surface area contributed by atoms with E-state index >= 15 is 0 Å². The summed E-state index contributed by atoms with van der Waals surface area (Å²) in [6.45, 7) is 6.05. The highest BCUT2D eigenvalue weighted by molar-refractivity contribution is 7.20. The van der Waals surface area contributed by atoms with E-state index < -0.39 is 0 Å². The number of ether oxygens (including phenoxy) is 2. The zero-order valence-corrected chi connectivity index (χ0v) is 15.1. The first-order valence-corrected chi connectivity index (χ1v) is 8.81. The predicted molar refractivity (Wildman–Crippen MR) is 99.0 cm³/mol. The second-order valence-electron chi connectivity index (χ2n) is 5.67. The molecule has 0 atom stereocenters. The van der Waals surface area contributed by atoms with Gasteiger partial charge in [0.05, 0.1) is 18.4 Å². The number of nitrogen functional groups attached to an aromatic ring is 1. The Morgan fingerprint density at radius 3 is 2.60 bits per heavy atom. The Hall–Kier alpha value is -2.67. The van der Waals surface area contributed by atoms with E-state index in [1.54, 1.807) is 13.0 Å². The van der Waals surface area contributed by atoms with Gasteiger partial charge in [-0.25, -0.2) is 14.8 Å². The number of carbonyl (C=O) groups is 1. The molecule has 0 spiro atoms. The summed E-state index contributed by atoms with van der Waals surface area (Å²) < 4.78 is 10.7. The van der Waals surface area contributed by atoms with Crippen LogP contribution < -0.4 is 10.5 Å². The van der Waals surface area contributed by atoms with E-state index in [2.05, 4.69) is 9.97 Å². The van der Waals surface area contributed by atoms with Crippen molar-refractivity contribution in [3.8, 4) is 17.0 Å². The Morgan fingerprint density at radius 1 is 1.24 bits per heavy atom. The second-order valence-corrected chi connectivity index (χ2v) is 6.70. The maximum Gasteiger partial charge on any atom is 0.348 e. The molecule has 0 aliphatic carbocycles. The van der Waals surface area contributed by atoms with Gasteiger partial charge in [0.2, 0.25) is 5.95 Å². The van der Waals surface area contributed by atoms with E-state index in [-0.39, 0.29) is 18.0 Å². The number of carbonyl (C=O) groups excluding carboxylic acids is 1. The van der Waals surface area contributed by atoms with Gasteiger partial charge in [-0.2, -0.15) is 0 Å². The first kappa shape index (κ1) is 17.2. The molecule has 2 heterocycles. The predicted octanol–water partition coefficient (Wildman–Crippen LogP) is 3.90. The molecule has 6 nitrogen and oxygen atoms in total. The fraction of sp³-hybridized carbons (Fsp3) is 0.278. The number of anilines is 1. The molecular formula is C18H19N3O3S. The molecule has 7 heteroatoms. The molecule has 2 N–H and O–H groups in total. The lowest BCUT2D eigenvalue weighted by Gasteiger charge is -2.10. The highest BCUT2D eigenvalue weighted by atomic mass is 32.1. The summed E-state index contributed by atoms with van der Waals surface area (Å²) in [7, 11) is 0. The van der Waals surface area contributed by atoms with Gasteiger partial charge in [-0.1, -0.05) is 0 Å². The van der Waals surface area contributed by atoms with Crippen LogP contribution >= 0.6 is 11.3 Å². The Morgan fingerprint density at radius 2 is 1.96 bits per heavy atom. The minimum atomic E-state index is -0.365. The Kier molecular flexibility index (Phi) is 4.85. The van der Waals surface area contributed by atoms with Crippen molar-refractivity contribution in [3.05, 3.63) is 35.2 Å². The number of benzene rings is 1. The van der Waals surface area contributed by atoms with Crippen LogP contribution in [0, 0.1) is 0 Å². The fourth-order valence-corrected chi connectivity index (χ4v) is 3.36. The van der Waals surface area contributed by atoms with Crippen molar-refractivity contribution < 1.29 is 14.3 Å². The van der Waals surface area contributed by atoms with Gasteiger partial charge in [0.15, 0.2) is 0 Å². The molecule has 0 fully saturated rings. The van der Waals surface area contributed by atoms with E-state index in [0.717, 1.165) is 16.7 Å². The molecule has 0 unspecified atom stereocenters. The summed E-state index contributed by atoms with van der Waals surface area (Å²) in [5.74, 6) is 0.590. The molecule has 130 valence electrons. The normalized spacial score (nSPS) is 11.0. The van der Waals surface area contributed by atoms with Crippen LogP contribution in [0.25, 0.3) is 21.5 Å². The smallest absolute Gasteiger partial charge is 0.348 e. The van der Waals surface area contributed by atoms with Crippen molar-refractivity contribution in [2.75, 3.05) is 12.3 Å². The number of rotatable bonds is 5. The van der Waals surface area contributed by atoms with Crippen LogP contribution in [0.1, 0.15) is 30.4 Å². The molecule has 1 aromatic carbocycles. The number of hydrogen-bond donors (Lipinski definition) is 1. The van der Waals surface area contributed by atoms with Gasteiger partial charge in [-0.3, -0.25) is 0 Å². The first-order valence-electron chi connectivity index (χ1n) is 7.99. The van der Waals surface area contributed by atoms with Gasteiger partial charge in [-0.15, -0.1) is 11.3 Å².